The number of carbonyl (C=O) groups is 1. The minimum absolute atomic E-state index is 0.700. The van der Waals surface area contributed by atoms with Crippen LogP contribution in [-0.2, 0) is 0 Å². The van der Waals surface area contributed by atoms with Gasteiger partial charge >= 0.3 is 0 Å². The molecule has 0 saturated heterocycles. The second-order valence-electron chi connectivity index (χ2n) is 4.35. The van der Waals surface area contributed by atoms with Gasteiger partial charge in [0.2, 0.25) is 0 Å². The standard InChI is InChI=1S/C17H11ClO/c18-17-8-4-3-7-16(17)15-10-9-12(11-19)13-5-1-2-6-14(13)15/h1-11H. The van der Waals surface area contributed by atoms with Crippen molar-refractivity contribution in [1.29, 1.82) is 0 Å². The lowest BCUT2D eigenvalue weighted by Gasteiger charge is -2.10. The predicted octanol–water partition coefficient (Wildman–Crippen LogP) is 4.97. The predicted molar refractivity (Wildman–Crippen MR) is 79.8 cm³/mol. The van der Waals surface area contributed by atoms with Crippen LogP contribution in [0.1, 0.15) is 10.4 Å². The van der Waals surface area contributed by atoms with Crippen LogP contribution in [0.25, 0.3) is 21.9 Å². The van der Waals surface area contributed by atoms with Gasteiger partial charge in [-0.1, -0.05) is 66.2 Å². The molecule has 0 bridgehead atoms. The van der Waals surface area contributed by atoms with Crippen LogP contribution in [-0.4, -0.2) is 6.29 Å². The largest absolute Gasteiger partial charge is 0.298 e. The van der Waals surface area contributed by atoms with Crippen LogP contribution in [0.2, 0.25) is 5.02 Å². The average Bonchev–Trinajstić information content (AvgIpc) is 2.47. The Morgan fingerprint density at radius 3 is 2.16 bits per heavy atom. The normalized spacial score (nSPS) is 10.6. The number of hydrogen-bond donors (Lipinski definition) is 0. The molecule has 0 aliphatic heterocycles. The molecular formula is C17H11ClO. The second-order valence-corrected chi connectivity index (χ2v) is 4.75. The summed E-state index contributed by atoms with van der Waals surface area (Å²) < 4.78 is 0. The molecule has 0 saturated carbocycles. The van der Waals surface area contributed by atoms with Crippen molar-refractivity contribution in [2.45, 2.75) is 0 Å². The Kier molecular flexibility index (Phi) is 3.06. The van der Waals surface area contributed by atoms with E-state index >= 15 is 0 Å². The van der Waals surface area contributed by atoms with Crippen LogP contribution in [0.15, 0.2) is 60.7 Å². The molecule has 0 amide bonds. The highest BCUT2D eigenvalue weighted by molar-refractivity contribution is 6.33. The molecule has 0 aromatic heterocycles. The van der Waals surface area contributed by atoms with Gasteiger partial charge in [0.1, 0.15) is 0 Å². The van der Waals surface area contributed by atoms with Crippen LogP contribution in [0.5, 0.6) is 0 Å². The monoisotopic (exact) mass is 266 g/mol. The molecule has 0 unspecified atom stereocenters. The number of fused-ring (bicyclic) bond motifs is 1. The van der Waals surface area contributed by atoms with E-state index < -0.39 is 0 Å². The molecule has 2 heteroatoms. The molecule has 3 aromatic carbocycles. The summed E-state index contributed by atoms with van der Waals surface area (Å²) in [7, 11) is 0. The van der Waals surface area contributed by atoms with Gasteiger partial charge in [-0.25, -0.2) is 0 Å². The van der Waals surface area contributed by atoms with Gasteiger partial charge in [0.15, 0.2) is 6.29 Å². The van der Waals surface area contributed by atoms with E-state index in [0.29, 0.717) is 10.6 Å². The Morgan fingerprint density at radius 1 is 0.737 bits per heavy atom. The molecule has 3 rings (SSSR count). The highest BCUT2D eigenvalue weighted by Gasteiger charge is 2.09. The first-order valence-electron chi connectivity index (χ1n) is 6.03. The van der Waals surface area contributed by atoms with Gasteiger partial charge in [0.25, 0.3) is 0 Å². The number of carbonyl (C=O) groups excluding carboxylic acids is 1. The van der Waals surface area contributed by atoms with E-state index in [1.807, 2.05) is 60.7 Å². The average molecular weight is 267 g/mol. The Morgan fingerprint density at radius 2 is 1.42 bits per heavy atom. The fraction of sp³-hybridized carbons (Fsp3) is 0. The van der Waals surface area contributed by atoms with Crippen LogP contribution >= 0.6 is 11.6 Å². The lowest BCUT2D eigenvalue weighted by molar-refractivity contribution is 0.112. The van der Waals surface area contributed by atoms with E-state index in [2.05, 4.69) is 0 Å². The molecule has 0 radical (unpaired) electrons. The van der Waals surface area contributed by atoms with Gasteiger partial charge in [-0.2, -0.15) is 0 Å². The molecule has 0 aliphatic rings. The molecule has 1 nitrogen and oxygen atoms in total. The van der Waals surface area contributed by atoms with E-state index in [1.54, 1.807) is 0 Å². The first kappa shape index (κ1) is 11.9. The number of hydrogen-bond acceptors (Lipinski definition) is 1. The van der Waals surface area contributed by atoms with Crippen molar-refractivity contribution in [3.05, 3.63) is 71.2 Å². The Hall–Kier alpha value is -2.12. The SMILES string of the molecule is O=Cc1ccc(-c2ccccc2Cl)c2ccccc12. The molecule has 19 heavy (non-hydrogen) atoms. The van der Waals surface area contributed by atoms with E-state index in [-0.39, 0.29) is 0 Å². The summed E-state index contributed by atoms with van der Waals surface area (Å²) in [6, 6.07) is 19.4. The van der Waals surface area contributed by atoms with Crippen molar-refractivity contribution in [1.82, 2.24) is 0 Å². The lowest BCUT2D eigenvalue weighted by atomic mass is 9.95. The van der Waals surface area contributed by atoms with Crippen molar-refractivity contribution in [3.63, 3.8) is 0 Å². The van der Waals surface area contributed by atoms with Crippen molar-refractivity contribution in [2.24, 2.45) is 0 Å². The smallest absolute Gasteiger partial charge is 0.150 e. The van der Waals surface area contributed by atoms with E-state index in [0.717, 1.165) is 28.2 Å². The van der Waals surface area contributed by atoms with Gasteiger partial charge in [-0.05, 0) is 22.4 Å². The molecule has 0 fully saturated rings. The minimum atomic E-state index is 0.700. The molecule has 0 aliphatic carbocycles. The van der Waals surface area contributed by atoms with Crippen molar-refractivity contribution in [3.8, 4) is 11.1 Å². The maximum atomic E-state index is 11.1. The first-order chi connectivity index (χ1) is 9.31. The first-order valence-corrected chi connectivity index (χ1v) is 6.41. The second kappa shape index (κ2) is 4.87. The van der Waals surface area contributed by atoms with Crippen LogP contribution in [0.4, 0.5) is 0 Å². The zero-order valence-corrected chi connectivity index (χ0v) is 10.9. The maximum absolute atomic E-state index is 11.1. The maximum Gasteiger partial charge on any atom is 0.150 e. The molecule has 3 aromatic rings. The summed E-state index contributed by atoms with van der Waals surface area (Å²) in [5.74, 6) is 0. The minimum Gasteiger partial charge on any atom is -0.298 e. The molecule has 0 atom stereocenters. The van der Waals surface area contributed by atoms with Crippen molar-refractivity contribution < 1.29 is 4.79 Å². The fourth-order valence-electron chi connectivity index (χ4n) is 2.34. The summed E-state index contributed by atoms with van der Waals surface area (Å²) in [6.45, 7) is 0. The molecule has 0 N–H and O–H groups in total. The lowest BCUT2D eigenvalue weighted by Crippen LogP contribution is -1.87. The molecule has 0 spiro atoms. The highest BCUT2D eigenvalue weighted by atomic mass is 35.5. The topological polar surface area (TPSA) is 17.1 Å². The third-order valence-electron chi connectivity index (χ3n) is 3.25. The molecule has 0 heterocycles. The Labute approximate surface area is 116 Å². The van der Waals surface area contributed by atoms with E-state index in [4.69, 9.17) is 11.6 Å². The van der Waals surface area contributed by atoms with Gasteiger partial charge in [0.05, 0.1) is 0 Å². The zero-order valence-electron chi connectivity index (χ0n) is 10.1. The van der Waals surface area contributed by atoms with Gasteiger partial charge in [-0.15, -0.1) is 0 Å². The zero-order chi connectivity index (χ0) is 13.2. The van der Waals surface area contributed by atoms with E-state index in [1.165, 1.54) is 0 Å². The summed E-state index contributed by atoms with van der Waals surface area (Å²) in [5.41, 5.74) is 2.73. The molecule has 92 valence electrons. The number of rotatable bonds is 2. The summed E-state index contributed by atoms with van der Waals surface area (Å²) in [4.78, 5) is 11.1. The number of halogens is 1. The van der Waals surface area contributed by atoms with Crippen LogP contribution in [0.3, 0.4) is 0 Å². The number of benzene rings is 3. The molecular weight excluding hydrogens is 256 g/mol. The highest BCUT2D eigenvalue weighted by Crippen LogP contribution is 2.34. The number of aldehydes is 1. The van der Waals surface area contributed by atoms with E-state index in [9.17, 15) is 4.79 Å². The third-order valence-corrected chi connectivity index (χ3v) is 3.58. The van der Waals surface area contributed by atoms with Crippen molar-refractivity contribution >= 4 is 28.7 Å². The fourth-order valence-corrected chi connectivity index (χ4v) is 2.58. The van der Waals surface area contributed by atoms with Crippen LogP contribution in [0, 0.1) is 0 Å². The van der Waals surface area contributed by atoms with Gasteiger partial charge in [0, 0.05) is 16.1 Å². The summed E-state index contributed by atoms with van der Waals surface area (Å²) >= 11 is 6.26. The van der Waals surface area contributed by atoms with Gasteiger partial charge in [-0.3, -0.25) is 4.79 Å². The third kappa shape index (κ3) is 2.02. The Balaban J connectivity index is 2.38. The summed E-state index contributed by atoms with van der Waals surface area (Å²) in [6.07, 6.45) is 0.888. The van der Waals surface area contributed by atoms with Crippen LogP contribution < -0.4 is 0 Å². The van der Waals surface area contributed by atoms with Crippen molar-refractivity contribution in [2.75, 3.05) is 0 Å². The Bertz CT molecular complexity index is 762. The summed E-state index contributed by atoms with van der Waals surface area (Å²) in [5, 5.41) is 2.71. The van der Waals surface area contributed by atoms with Gasteiger partial charge < -0.3 is 0 Å². The quantitative estimate of drug-likeness (QED) is 0.598.